The Hall–Kier alpha value is -0.200. The van der Waals surface area contributed by atoms with Gasteiger partial charge in [0.2, 0.25) is 0 Å². The summed E-state index contributed by atoms with van der Waals surface area (Å²) in [4.78, 5) is 0. The highest BCUT2D eigenvalue weighted by Gasteiger charge is 1.94. The Bertz CT molecular complexity index is 65.5. The molecule has 5 heteroatoms. The molecule has 18 heavy (non-hydrogen) atoms. The predicted molar refractivity (Wildman–Crippen MR) is 79.5 cm³/mol. The van der Waals surface area contributed by atoms with Crippen molar-refractivity contribution in [3.8, 4) is 0 Å². The van der Waals surface area contributed by atoms with Crippen LogP contribution in [0.5, 0.6) is 0 Å². The molecule has 0 amide bonds. The maximum atomic E-state index is 7.68. The van der Waals surface area contributed by atoms with Crippen LogP contribution in [-0.2, 0) is 14.2 Å². The smallest absolute Gasteiger partial charge is 0.146 e. The summed E-state index contributed by atoms with van der Waals surface area (Å²) < 4.78 is 14.0. The van der Waals surface area contributed by atoms with Crippen molar-refractivity contribution < 1.29 is 24.4 Å². The molecule has 0 aromatic rings. The van der Waals surface area contributed by atoms with E-state index >= 15 is 0 Å². The van der Waals surface area contributed by atoms with Crippen molar-refractivity contribution in [3.63, 3.8) is 0 Å². The van der Waals surface area contributed by atoms with Crippen LogP contribution in [-0.4, -0.2) is 43.8 Å². The molecule has 0 radical (unpaired) electrons. The fourth-order valence-electron chi connectivity index (χ4n) is 0.803. The number of ether oxygens (including phenoxy) is 3. The SMILES string of the molecule is C.C.C.C.C.C1CCOCOCC1.OCOCO. The van der Waals surface area contributed by atoms with Gasteiger partial charge in [-0.2, -0.15) is 0 Å². The Kier molecular flexibility index (Phi) is 72.1. The lowest BCUT2D eigenvalue weighted by Crippen LogP contribution is -2.06. The van der Waals surface area contributed by atoms with Gasteiger partial charge in [-0.25, -0.2) is 0 Å². The first kappa shape index (κ1) is 36.1. The second kappa shape index (κ2) is 36.0. The van der Waals surface area contributed by atoms with Gasteiger partial charge < -0.3 is 24.4 Å². The zero-order valence-corrected chi connectivity index (χ0v) is 7.78. The lowest BCUT2D eigenvalue weighted by atomic mass is 10.2. The molecular formula is C13H38O5. The van der Waals surface area contributed by atoms with Crippen LogP contribution in [0, 0.1) is 0 Å². The van der Waals surface area contributed by atoms with Gasteiger partial charge in [0.05, 0.1) is 0 Å². The van der Waals surface area contributed by atoms with Crippen LogP contribution < -0.4 is 0 Å². The van der Waals surface area contributed by atoms with E-state index in [9.17, 15) is 0 Å². The molecule has 0 aromatic carbocycles. The third-order valence-electron chi connectivity index (χ3n) is 1.43. The molecule has 0 unspecified atom stereocenters. The first-order valence-electron chi connectivity index (χ1n) is 4.36. The molecule has 1 heterocycles. The molecule has 0 bridgehead atoms. The Morgan fingerprint density at radius 3 is 1.39 bits per heavy atom. The number of hydrogen-bond donors (Lipinski definition) is 2. The minimum absolute atomic E-state index is 0. The first-order chi connectivity index (χ1) is 6.41. The molecule has 0 aliphatic carbocycles. The van der Waals surface area contributed by atoms with E-state index in [0.29, 0.717) is 6.79 Å². The summed E-state index contributed by atoms with van der Waals surface area (Å²) >= 11 is 0. The minimum Gasteiger partial charge on any atom is -0.371 e. The number of rotatable bonds is 2. The largest absolute Gasteiger partial charge is 0.371 e. The summed E-state index contributed by atoms with van der Waals surface area (Å²) in [5.74, 6) is 0. The quantitative estimate of drug-likeness (QED) is 0.757. The van der Waals surface area contributed by atoms with Gasteiger partial charge in [0, 0.05) is 13.2 Å². The second-order valence-corrected chi connectivity index (χ2v) is 2.46. The third kappa shape index (κ3) is 36.0. The molecule has 1 saturated heterocycles. The number of aliphatic hydroxyl groups excluding tert-OH is 2. The highest BCUT2D eigenvalue weighted by atomic mass is 16.7. The van der Waals surface area contributed by atoms with E-state index in [4.69, 9.17) is 19.7 Å². The van der Waals surface area contributed by atoms with Gasteiger partial charge in [0.25, 0.3) is 0 Å². The van der Waals surface area contributed by atoms with E-state index in [-0.39, 0.29) is 37.1 Å². The summed E-state index contributed by atoms with van der Waals surface area (Å²) in [6.45, 7) is 1.44. The lowest BCUT2D eigenvalue weighted by Gasteiger charge is -2.08. The van der Waals surface area contributed by atoms with E-state index in [1.807, 2.05) is 0 Å². The van der Waals surface area contributed by atoms with Crippen LogP contribution in [0.2, 0.25) is 0 Å². The molecule has 0 saturated carbocycles. The Labute approximate surface area is 115 Å². The van der Waals surface area contributed by atoms with E-state index in [1.165, 1.54) is 19.3 Å². The average Bonchev–Trinajstić information content (AvgIpc) is 2.05. The Balaban J connectivity index is -0.0000000332. The molecule has 5 nitrogen and oxygen atoms in total. The van der Waals surface area contributed by atoms with Crippen molar-refractivity contribution in [1.82, 2.24) is 0 Å². The molecule has 0 spiro atoms. The third-order valence-corrected chi connectivity index (χ3v) is 1.43. The highest BCUT2D eigenvalue weighted by Crippen LogP contribution is 1.99. The average molecular weight is 274 g/mol. The van der Waals surface area contributed by atoms with Gasteiger partial charge in [-0.15, -0.1) is 0 Å². The topological polar surface area (TPSA) is 68.2 Å². The van der Waals surface area contributed by atoms with Gasteiger partial charge >= 0.3 is 0 Å². The van der Waals surface area contributed by atoms with E-state index < -0.39 is 13.6 Å². The van der Waals surface area contributed by atoms with Gasteiger partial charge in [-0.1, -0.05) is 37.1 Å². The van der Waals surface area contributed by atoms with E-state index in [0.717, 1.165) is 13.2 Å². The van der Waals surface area contributed by atoms with Crippen molar-refractivity contribution in [2.45, 2.75) is 56.4 Å². The fraction of sp³-hybridized carbons (Fsp3) is 1.00. The Morgan fingerprint density at radius 2 is 1.11 bits per heavy atom. The fourth-order valence-corrected chi connectivity index (χ4v) is 0.803. The summed E-state index contributed by atoms with van der Waals surface area (Å²) in [5, 5.41) is 15.4. The summed E-state index contributed by atoms with van der Waals surface area (Å²) in [6, 6.07) is 0. The van der Waals surface area contributed by atoms with E-state index in [2.05, 4.69) is 4.74 Å². The second-order valence-electron chi connectivity index (χ2n) is 2.46. The summed E-state index contributed by atoms with van der Waals surface area (Å²) in [7, 11) is 0. The molecule has 1 aliphatic heterocycles. The van der Waals surface area contributed by atoms with Crippen molar-refractivity contribution >= 4 is 0 Å². The standard InChI is InChI=1S/C6H12O2.C2H6O3.5CH4/c1-2-4-7-6-8-5-3-1;3-1-5-2-4;;;;;/h1-6H2;3-4H,1-2H2;5*1H4. The molecule has 0 aromatic heterocycles. The molecule has 1 aliphatic rings. The van der Waals surface area contributed by atoms with Crippen molar-refractivity contribution in [1.29, 1.82) is 0 Å². The lowest BCUT2D eigenvalue weighted by molar-refractivity contribution is -0.0763. The van der Waals surface area contributed by atoms with Crippen molar-refractivity contribution in [2.75, 3.05) is 33.6 Å². The number of aliphatic hydroxyl groups is 2. The Morgan fingerprint density at radius 1 is 0.722 bits per heavy atom. The highest BCUT2D eigenvalue weighted by molar-refractivity contribution is 4.41. The van der Waals surface area contributed by atoms with Gasteiger partial charge in [-0.05, 0) is 19.3 Å². The molecular weight excluding hydrogens is 236 g/mol. The van der Waals surface area contributed by atoms with Crippen LogP contribution in [0.15, 0.2) is 0 Å². The first-order valence-corrected chi connectivity index (χ1v) is 4.36. The van der Waals surface area contributed by atoms with Crippen LogP contribution in [0.4, 0.5) is 0 Å². The maximum Gasteiger partial charge on any atom is 0.146 e. The molecule has 1 rings (SSSR count). The summed E-state index contributed by atoms with van der Waals surface area (Å²) in [6.07, 6.45) is 3.65. The summed E-state index contributed by atoms with van der Waals surface area (Å²) in [5.41, 5.74) is 0. The van der Waals surface area contributed by atoms with Gasteiger partial charge in [0.15, 0.2) is 0 Å². The van der Waals surface area contributed by atoms with E-state index in [1.54, 1.807) is 0 Å². The minimum atomic E-state index is -0.406. The van der Waals surface area contributed by atoms with Crippen LogP contribution in [0.1, 0.15) is 56.4 Å². The normalized spacial score (nSPS) is 13.0. The molecule has 120 valence electrons. The molecule has 0 atom stereocenters. The monoisotopic (exact) mass is 274 g/mol. The van der Waals surface area contributed by atoms with Crippen molar-refractivity contribution in [2.24, 2.45) is 0 Å². The zero-order valence-electron chi connectivity index (χ0n) is 7.78. The number of hydrogen-bond acceptors (Lipinski definition) is 5. The van der Waals surface area contributed by atoms with Crippen molar-refractivity contribution in [3.05, 3.63) is 0 Å². The van der Waals surface area contributed by atoms with Crippen LogP contribution >= 0.6 is 0 Å². The molecule has 2 N–H and O–H groups in total. The predicted octanol–water partition coefficient (Wildman–Crippen LogP) is 3.24. The van der Waals surface area contributed by atoms with Crippen LogP contribution in [0.25, 0.3) is 0 Å². The van der Waals surface area contributed by atoms with Crippen LogP contribution in [0.3, 0.4) is 0 Å². The van der Waals surface area contributed by atoms with Gasteiger partial charge in [-0.3, -0.25) is 0 Å². The molecule has 1 fully saturated rings. The maximum absolute atomic E-state index is 7.68. The zero-order chi connectivity index (χ0) is 9.78. The van der Waals surface area contributed by atoms with Gasteiger partial charge in [0.1, 0.15) is 20.4 Å².